The minimum absolute atomic E-state index is 0.766. The molecule has 1 N–H and O–H groups in total. The molecule has 0 saturated carbocycles. The van der Waals surface area contributed by atoms with Crippen LogP contribution in [0.25, 0.3) is 0 Å². The highest BCUT2D eigenvalue weighted by atomic mass is 15.2. The van der Waals surface area contributed by atoms with Gasteiger partial charge in [0.15, 0.2) is 0 Å². The molecule has 2 fully saturated rings. The molecule has 0 radical (unpaired) electrons. The van der Waals surface area contributed by atoms with E-state index < -0.39 is 0 Å². The maximum atomic E-state index is 3.71. The highest BCUT2D eigenvalue weighted by Crippen LogP contribution is 2.23. The fraction of sp³-hybridized carbons (Fsp3) is 1.00. The third kappa shape index (κ3) is 4.71. The Labute approximate surface area is 126 Å². The van der Waals surface area contributed by atoms with E-state index in [-0.39, 0.29) is 0 Å². The van der Waals surface area contributed by atoms with Crippen LogP contribution >= 0.6 is 0 Å². The normalized spacial score (nSPS) is 30.8. The number of nitrogens with zero attached hydrogens (tertiary/aromatic N) is 2. The molecule has 0 aliphatic carbocycles. The first-order valence-electron chi connectivity index (χ1n) is 8.92. The Kier molecular flexibility index (Phi) is 6.79. The molecule has 2 saturated heterocycles. The zero-order chi connectivity index (χ0) is 14.4. The third-order valence-electron chi connectivity index (χ3n) is 5.34. The molecule has 118 valence electrons. The lowest BCUT2D eigenvalue weighted by Crippen LogP contribution is -2.49. The molecule has 2 heterocycles. The van der Waals surface area contributed by atoms with Crippen molar-refractivity contribution in [2.45, 2.75) is 65.0 Å². The number of likely N-dealkylation sites (tertiary alicyclic amines) is 2. The highest BCUT2D eigenvalue weighted by molar-refractivity contribution is 4.85. The van der Waals surface area contributed by atoms with Crippen molar-refractivity contribution in [2.75, 3.05) is 39.3 Å². The molecule has 0 spiro atoms. The third-order valence-corrected chi connectivity index (χ3v) is 5.34. The highest BCUT2D eigenvalue weighted by Gasteiger charge is 2.28. The molecule has 0 aromatic rings. The monoisotopic (exact) mass is 281 g/mol. The Balaban J connectivity index is 1.69. The lowest BCUT2D eigenvalue weighted by atomic mass is 9.92. The predicted octanol–water partition coefficient (Wildman–Crippen LogP) is 2.57. The van der Waals surface area contributed by atoms with Gasteiger partial charge in [0.05, 0.1) is 0 Å². The van der Waals surface area contributed by atoms with E-state index in [1.54, 1.807) is 0 Å². The Morgan fingerprint density at radius 3 is 2.40 bits per heavy atom. The van der Waals surface area contributed by atoms with Crippen LogP contribution in [0.15, 0.2) is 0 Å². The van der Waals surface area contributed by atoms with Gasteiger partial charge in [-0.05, 0) is 77.7 Å². The number of nitrogens with one attached hydrogen (secondary N) is 1. The zero-order valence-corrected chi connectivity index (χ0v) is 13.9. The van der Waals surface area contributed by atoms with Crippen molar-refractivity contribution in [3.05, 3.63) is 0 Å². The van der Waals surface area contributed by atoms with Gasteiger partial charge in [0.1, 0.15) is 0 Å². The Hall–Kier alpha value is -0.120. The van der Waals surface area contributed by atoms with E-state index in [9.17, 15) is 0 Å². The van der Waals surface area contributed by atoms with Gasteiger partial charge in [-0.15, -0.1) is 0 Å². The van der Waals surface area contributed by atoms with Crippen molar-refractivity contribution >= 4 is 0 Å². The van der Waals surface area contributed by atoms with Crippen molar-refractivity contribution in [1.29, 1.82) is 0 Å². The lowest BCUT2D eigenvalue weighted by molar-refractivity contribution is 0.0903. The molecule has 0 amide bonds. The summed E-state index contributed by atoms with van der Waals surface area (Å²) in [6.07, 6.45) is 6.76. The quantitative estimate of drug-likeness (QED) is 0.807. The van der Waals surface area contributed by atoms with Gasteiger partial charge in [-0.2, -0.15) is 0 Å². The van der Waals surface area contributed by atoms with Gasteiger partial charge in [-0.25, -0.2) is 0 Å². The van der Waals surface area contributed by atoms with Crippen LogP contribution in [0, 0.1) is 5.92 Å². The predicted molar refractivity (Wildman–Crippen MR) is 87.2 cm³/mol. The summed E-state index contributed by atoms with van der Waals surface area (Å²) in [5.74, 6) is 0.945. The lowest BCUT2D eigenvalue weighted by Gasteiger charge is -2.41. The molecule has 0 bridgehead atoms. The Morgan fingerprint density at radius 2 is 1.80 bits per heavy atom. The molecule has 0 aromatic carbocycles. The van der Waals surface area contributed by atoms with E-state index >= 15 is 0 Å². The molecule has 3 nitrogen and oxygen atoms in total. The molecule has 2 rings (SSSR count). The maximum Gasteiger partial charge on any atom is 0.00940 e. The van der Waals surface area contributed by atoms with Crippen LogP contribution in [0.4, 0.5) is 0 Å². The molecular weight excluding hydrogens is 246 g/mol. The topological polar surface area (TPSA) is 18.5 Å². The van der Waals surface area contributed by atoms with Crippen LogP contribution in [0.5, 0.6) is 0 Å². The van der Waals surface area contributed by atoms with Gasteiger partial charge in [-0.3, -0.25) is 0 Å². The van der Waals surface area contributed by atoms with E-state index in [0.717, 1.165) is 18.0 Å². The molecule has 20 heavy (non-hydrogen) atoms. The van der Waals surface area contributed by atoms with Gasteiger partial charge < -0.3 is 15.1 Å². The fourth-order valence-electron chi connectivity index (χ4n) is 3.84. The minimum atomic E-state index is 0.766. The first-order valence-corrected chi connectivity index (χ1v) is 8.92. The summed E-state index contributed by atoms with van der Waals surface area (Å²) in [5, 5.41) is 3.71. The van der Waals surface area contributed by atoms with Crippen LogP contribution in [-0.2, 0) is 0 Å². The first-order chi connectivity index (χ1) is 9.72. The number of hydrogen-bond donors (Lipinski definition) is 1. The zero-order valence-electron chi connectivity index (χ0n) is 13.9. The molecular formula is C17H35N3. The van der Waals surface area contributed by atoms with Gasteiger partial charge in [0, 0.05) is 18.6 Å². The van der Waals surface area contributed by atoms with Crippen LogP contribution in [0.2, 0.25) is 0 Å². The number of piperidine rings is 2. The Bertz CT molecular complexity index is 261. The second kappa shape index (κ2) is 8.35. The first kappa shape index (κ1) is 16.3. The Morgan fingerprint density at radius 1 is 1.05 bits per heavy atom. The smallest absolute Gasteiger partial charge is 0.00940 e. The molecule has 2 atom stereocenters. The van der Waals surface area contributed by atoms with Crippen molar-refractivity contribution < 1.29 is 0 Å². The SMILES string of the molecule is CCCNC1CCN(CC2CCN(CC)CC2)C(C)C1. The molecule has 3 heteroatoms. The summed E-state index contributed by atoms with van der Waals surface area (Å²) in [4.78, 5) is 5.36. The van der Waals surface area contributed by atoms with Crippen LogP contribution in [0.1, 0.15) is 52.9 Å². The van der Waals surface area contributed by atoms with E-state index in [1.165, 1.54) is 71.4 Å². The van der Waals surface area contributed by atoms with Crippen LogP contribution in [-0.4, -0.2) is 61.2 Å². The van der Waals surface area contributed by atoms with Crippen molar-refractivity contribution in [2.24, 2.45) is 5.92 Å². The summed E-state index contributed by atoms with van der Waals surface area (Å²) in [7, 11) is 0. The summed E-state index contributed by atoms with van der Waals surface area (Å²) in [6, 6.07) is 1.53. The van der Waals surface area contributed by atoms with E-state index in [4.69, 9.17) is 0 Å². The van der Waals surface area contributed by atoms with Crippen LogP contribution < -0.4 is 5.32 Å². The van der Waals surface area contributed by atoms with Crippen molar-refractivity contribution in [3.8, 4) is 0 Å². The summed E-state index contributed by atoms with van der Waals surface area (Å²) < 4.78 is 0. The standard InChI is InChI=1S/C17H35N3/c1-4-9-18-17-8-12-20(15(3)13-17)14-16-6-10-19(5-2)11-7-16/h15-18H,4-14H2,1-3H3. The average Bonchev–Trinajstić information content (AvgIpc) is 2.48. The largest absolute Gasteiger partial charge is 0.314 e. The van der Waals surface area contributed by atoms with Crippen molar-refractivity contribution in [1.82, 2.24) is 15.1 Å². The molecule has 0 aromatic heterocycles. The summed E-state index contributed by atoms with van der Waals surface area (Å²) in [6.45, 7) is 14.7. The summed E-state index contributed by atoms with van der Waals surface area (Å²) >= 11 is 0. The second-order valence-electron chi connectivity index (χ2n) is 6.90. The van der Waals surface area contributed by atoms with E-state index in [1.807, 2.05) is 0 Å². The summed E-state index contributed by atoms with van der Waals surface area (Å²) in [5.41, 5.74) is 0. The van der Waals surface area contributed by atoms with Gasteiger partial charge in [0.2, 0.25) is 0 Å². The number of rotatable bonds is 6. The van der Waals surface area contributed by atoms with Gasteiger partial charge >= 0.3 is 0 Å². The van der Waals surface area contributed by atoms with E-state index in [2.05, 4.69) is 35.9 Å². The van der Waals surface area contributed by atoms with Crippen LogP contribution in [0.3, 0.4) is 0 Å². The fourth-order valence-corrected chi connectivity index (χ4v) is 3.84. The molecule has 2 unspecified atom stereocenters. The van der Waals surface area contributed by atoms with Gasteiger partial charge in [0.25, 0.3) is 0 Å². The van der Waals surface area contributed by atoms with Gasteiger partial charge in [-0.1, -0.05) is 13.8 Å². The second-order valence-corrected chi connectivity index (χ2v) is 6.90. The maximum absolute atomic E-state index is 3.71. The molecule has 2 aliphatic heterocycles. The molecule has 2 aliphatic rings. The van der Waals surface area contributed by atoms with Crippen molar-refractivity contribution in [3.63, 3.8) is 0 Å². The average molecular weight is 281 g/mol. The van der Waals surface area contributed by atoms with E-state index in [0.29, 0.717) is 0 Å². The number of hydrogen-bond acceptors (Lipinski definition) is 3. The minimum Gasteiger partial charge on any atom is -0.314 e.